The van der Waals surface area contributed by atoms with E-state index in [0.29, 0.717) is 5.39 Å². The Balaban J connectivity index is 1.60. The van der Waals surface area contributed by atoms with Gasteiger partial charge < -0.3 is 10.0 Å². The number of fused-ring (bicyclic) bond motifs is 3. The van der Waals surface area contributed by atoms with Crippen LogP contribution in [0, 0.1) is 0 Å². The Labute approximate surface area is 162 Å². The SMILES string of the molecule is O=c1c2cnc3cc(N4CCCC(O)CC4)ccc3c2[nH]n1-c1ccccc1. The van der Waals surface area contributed by atoms with Crippen LogP contribution in [-0.2, 0) is 0 Å². The van der Waals surface area contributed by atoms with Crippen molar-refractivity contribution < 1.29 is 5.11 Å². The molecule has 6 nitrogen and oxygen atoms in total. The Bertz CT molecular complexity index is 1200. The standard InChI is InChI=1S/C22H22N4O2/c27-17-7-4-11-25(12-10-17)16-8-9-18-20(13-16)23-14-19-21(18)24-26(22(19)28)15-5-2-1-3-6-15/h1-3,5-6,8-9,13-14,17,24,27H,4,7,10-12H2. The summed E-state index contributed by atoms with van der Waals surface area (Å²) < 4.78 is 1.57. The second kappa shape index (κ2) is 6.80. The Morgan fingerprint density at radius 3 is 2.71 bits per heavy atom. The Morgan fingerprint density at radius 1 is 1.00 bits per heavy atom. The molecule has 1 unspecified atom stereocenters. The van der Waals surface area contributed by atoms with Crippen molar-refractivity contribution in [1.82, 2.24) is 14.8 Å². The van der Waals surface area contributed by atoms with Crippen LogP contribution < -0.4 is 10.5 Å². The summed E-state index contributed by atoms with van der Waals surface area (Å²) in [6, 6.07) is 15.7. The maximum Gasteiger partial charge on any atom is 0.280 e. The van der Waals surface area contributed by atoms with E-state index in [1.54, 1.807) is 10.9 Å². The van der Waals surface area contributed by atoms with Gasteiger partial charge in [-0.05, 0) is 49.6 Å². The highest BCUT2D eigenvalue weighted by Crippen LogP contribution is 2.27. The smallest absolute Gasteiger partial charge is 0.280 e. The normalized spacial score (nSPS) is 17.9. The zero-order valence-electron chi connectivity index (χ0n) is 15.5. The van der Waals surface area contributed by atoms with Crippen molar-refractivity contribution in [2.24, 2.45) is 0 Å². The van der Waals surface area contributed by atoms with E-state index in [-0.39, 0.29) is 11.7 Å². The summed E-state index contributed by atoms with van der Waals surface area (Å²) in [4.78, 5) is 19.7. The van der Waals surface area contributed by atoms with Crippen LogP contribution in [0.1, 0.15) is 19.3 Å². The number of H-pyrrole nitrogens is 1. The quantitative estimate of drug-likeness (QED) is 0.565. The molecule has 2 aromatic carbocycles. The molecule has 1 aliphatic rings. The summed E-state index contributed by atoms with van der Waals surface area (Å²) in [6.45, 7) is 1.78. The minimum absolute atomic E-state index is 0.0961. The summed E-state index contributed by atoms with van der Waals surface area (Å²) in [5.74, 6) is 0. The van der Waals surface area contributed by atoms with Crippen LogP contribution in [0.15, 0.2) is 59.5 Å². The number of nitrogens with zero attached hydrogens (tertiary/aromatic N) is 3. The van der Waals surface area contributed by atoms with E-state index in [1.165, 1.54) is 0 Å². The summed E-state index contributed by atoms with van der Waals surface area (Å²) in [5, 5.41) is 14.7. The zero-order valence-corrected chi connectivity index (χ0v) is 15.5. The molecular weight excluding hydrogens is 352 g/mol. The van der Waals surface area contributed by atoms with E-state index in [4.69, 9.17) is 0 Å². The minimum atomic E-state index is -0.203. The van der Waals surface area contributed by atoms with Crippen LogP contribution in [0.25, 0.3) is 27.5 Å². The summed E-state index contributed by atoms with van der Waals surface area (Å²) in [6.07, 6.45) is 4.09. The second-order valence-electron chi connectivity index (χ2n) is 7.41. The molecule has 0 bridgehead atoms. The van der Waals surface area contributed by atoms with Crippen molar-refractivity contribution in [2.75, 3.05) is 18.0 Å². The highest BCUT2D eigenvalue weighted by atomic mass is 16.3. The van der Waals surface area contributed by atoms with E-state index < -0.39 is 0 Å². The van der Waals surface area contributed by atoms with E-state index in [0.717, 1.165) is 60.1 Å². The largest absolute Gasteiger partial charge is 0.393 e. The van der Waals surface area contributed by atoms with Crippen molar-refractivity contribution in [3.63, 3.8) is 0 Å². The Morgan fingerprint density at radius 2 is 1.86 bits per heavy atom. The lowest BCUT2D eigenvalue weighted by molar-refractivity contribution is 0.161. The number of nitrogens with one attached hydrogen (secondary N) is 1. The number of para-hydroxylation sites is 1. The third-order valence-electron chi connectivity index (χ3n) is 5.59. The van der Waals surface area contributed by atoms with Crippen LogP contribution in [0.3, 0.4) is 0 Å². The molecule has 3 heterocycles. The first-order chi connectivity index (χ1) is 13.7. The molecule has 142 valence electrons. The molecule has 5 rings (SSSR count). The molecule has 1 aliphatic heterocycles. The summed E-state index contributed by atoms with van der Waals surface area (Å²) in [7, 11) is 0. The van der Waals surface area contributed by atoms with E-state index in [1.807, 2.05) is 36.4 Å². The van der Waals surface area contributed by atoms with Crippen molar-refractivity contribution in [3.8, 4) is 5.69 Å². The fraction of sp³-hybridized carbons (Fsp3) is 0.273. The lowest BCUT2D eigenvalue weighted by atomic mass is 10.1. The molecule has 0 radical (unpaired) electrons. The highest BCUT2D eigenvalue weighted by Gasteiger charge is 2.17. The van der Waals surface area contributed by atoms with E-state index in [2.05, 4.69) is 27.1 Å². The van der Waals surface area contributed by atoms with Crippen molar-refractivity contribution >= 4 is 27.5 Å². The average molecular weight is 374 g/mol. The highest BCUT2D eigenvalue weighted by molar-refractivity contribution is 6.03. The van der Waals surface area contributed by atoms with Gasteiger partial charge in [-0.1, -0.05) is 18.2 Å². The maximum atomic E-state index is 12.8. The molecule has 4 aromatic rings. The van der Waals surface area contributed by atoms with Gasteiger partial charge >= 0.3 is 0 Å². The number of aliphatic hydroxyl groups is 1. The van der Waals surface area contributed by atoms with Crippen LogP contribution in [0.2, 0.25) is 0 Å². The minimum Gasteiger partial charge on any atom is -0.393 e. The summed E-state index contributed by atoms with van der Waals surface area (Å²) >= 11 is 0. The fourth-order valence-electron chi connectivity index (χ4n) is 4.04. The number of rotatable bonds is 2. The number of pyridine rings is 1. The lowest BCUT2D eigenvalue weighted by Crippen LogP contribution is -2.24. The molecule has 28 heavy (non-hydrogen) atoms. The molecule has 1 atom stereocenters. The van der Waals surface area contributed by atoms with Crippen LogP contribution >= 0.6 is 0 Å². The molecule has 2 aromatic heterocycles. The molecule has 0 amide bonds. The van der Waals surface area contributed by atoms with Crippen molar-refractivity contribution in [1.29, 1.82) is 0 Å². The molecular formula is C22H22N4O2. The molecule has 0 aliphatic carbocycles. The Kier molecular flexibility index (Phi) is 4.13. The third kappa shape index (κ3) is 2.86. The van der Waals surface area contributed by atoms with Gasteiger partial charge in [0.05, 0.1) is 28.2 Å². The third-order valence-corrected chi connectivity index (χ3v) is 5.59. The predicted octanol–water partition coefficient (Wildman–Crippen LogP) is 3.22. The fourth-order valence-corrected chi connectivity index (χ4v) is 4.04. The number of anilines is 1. The molecule has 2 N–H and O–H groups in total. The van der Waals surface area contributed by atoms with Crippen LogP contribution in [0.4, 0.5) is 5.69 Å². The number of hydrogen-bond donors (Lipinski definition) is 2. The average Bonchev–Trinajstić information content (AvgIpc) is 2.91. The first kappa shape index (κ1) is 17.0. The molecule has 0 spiro atoms. The van der Waals surface area contributed by atoms with Crippen LogP contribution in [-0.4, -0.2) is 39.1 Å². The van der Waals surface area contributed by atoms with Gasteiger partial charge in [-0.3, -0.25) is 14.9 Å². The van der Waals surface area contributed by atoms with Gasteiger partial charge in [0.1, 0.15) is 0 Å². The van der Waals surface area contributed by atoms with Gasteiger partial charge in [0.15, 0.2) is 0 Å². The lowest BCUT2D eigenvalue weighted by Gasteiger charge is -2.22. The summed E-state index contributed by atoms with van der Waals surface area (Å²) in [5.41, 5.74) is 3.48. The number of aliphatic hydroxyl groups excluding tert-OH is 1. The van der Waals surface area contributed by atoms with Crippen LogP contribution in [0.5, 0.6) is 0 Å². The zero-order chi connectivity index (χ0) is 19.1. The monoisotopic (exact) mass is 374 g/mol. The van der Waals surface area contributed by atoms with Gasteiger partial charge in [-0.2, -0.15) is 0 Å². The topological polar surface area (TPSA) is 74.2 Å². The van der Waals surface area contributed by atoms with Gasteiger partial charge in [0, 0.05) is 30.4 Å². The Hall–Kier alpha value is -3.12. The number of hydrogen-bond acceptors (Lipinski definition) is 4. The molecule has 1 saturated heterocycles. The van der Waals surface area contributed by atoms with Gasteiger partial charge in [-0.25, -0.2) is 4.68 Å². The first-order valence-corrected chi connectivity index (χ1v) is 9.72. The number of aromatic nitrogens is 3. The maximum absolute atomic E-state index is 12.8. The van der Waals surface area contributed by atoms with E-state index >= 15 is 0 Å². The van der Waals surface area contributed by atoms with Crippen molar-refractivity contribution in [3.05, 3.63) is 65.1 Å². The molecule has 0 saturated carbocycles. The number of aromatic amines is 1. The van der Waals surface area contributed by atoms with Crippen molar-refractivity contribution in [2.45, 2.75) is 25.4 Å². The van der Waals surface area contributed by atoms with Gasteiger partial charge in [-0.15, -0.1) is 0 Å². The number of benzene rings is 2. The predicted molar refractivity (Wildman–Crippen MR) is 111 cm³/mol. The second-order valence-corrected chi connectivity index (χ2v) is 7.41. The van der Waals surface area contributed by atoms with Gasteiger partial charge in [0.25, 0.3) is 5.56 Å². The van der Waals surface area contributed by atoms with Gasteiger partial charge in [0.2, 0.25) is 0 Å². The molecule has 1 fully saturated rings. The van der Waals surface area contributed by atoms with E-state index in [9.17, 15) is 9.90 Å². The first-order valence-electron chi connectivity index (χ1n) is 9.72. The molecule has 6 heteroatoms.